The van der Waals surface area contributed by atoms with Gasteiger partial charge in [-0.3, -0.25) is 0 Å². The van der Waals surface area contributed by atoms with Gasteiger partial charge in [-0.05, 0) is 54.3 Å². The van der Waals surface area contributed by atoms with Gasteiger partial charge in [0.15, 0.2) is 0 Å². The number of hydrogen-bond donors (Lipinski definition) is 1. The molecule has 0 radical (unpaired) electrons. The smallest absolute Gasteiger partial charge is 0.207 e. The van der Waals surface area contributed by atoms with Crippen LogP contribution in [0.1, 0.15) is 29.2 Å². The van der Waals surface area contributed by atoms with Crippen LogP contribution in [-0.2, 0) is 10.0 Å². The maximum atomic E-state index is 13.0. The summed E-state index contributed by atoms with van der Waals surface area (Å²) in [7, 11) is -3.70. The molecule has 1 N–H and O–H groups in total. The Morgan fingerprint density at radius 1 is 1.00 bits per heavy atom. The number of nitrogens with one attached hydrogen (secondary N) is 1. The Morgan fingerprint density at radius 3 is 2.32 bits per heavy atom. The number of benzene rings is 3. The third-order valence-corrected chi connectivity index (χ3v) is 6.23. The Kier molecular flexibility index (Phi) is 6.35. The first-order valence-electron chi connectivity index (χ1n) is 8.93. The van der Waals surface area contributed by atoms with Crippen LogP contribution in [0.3, 0.4) is 0 Å². The molecule has 0 aliphatic rings. The molecule has 144 valence electrons. The van der Waals surface area contributed by atoms with Gasteiger partial charge in [0, 0.05) is 5.02 Å². The molecule has 0 amide bonds. The van der Waals surface area contributed by atoms with Gasteiger partial charge in [-0.15, -0.1) is 0 Å². The normalized spacial score (nSPS) is 12.5. The van der Waals surface area contributed by atoms with Gasteiger partial charge >= 0.3 is 0 Å². The molecule has 0 fully saturated rings. The maximum absolute atomic E-state index is 13.0. The van der Waals surface area contributed by atoms with Crippen molar-refractivity contribution in [3.05, 3.63) is 107 Å². The molecule has 0 saturated carbocycles. The van der Waals surface area contributed by atoms with Gasteiger partial charge in [0.05, 0.1) is 10.9 Å². The molecule has 0 heterocycles. The minimum atomic E-state index is -3.70. The van der Waals surface area contributed by atoms with E-state index in [-0.39, 0.29) is 4.90 Å². The average molecular weight is 412 g/mol. The molecular formula is C23H22ClNO2S. The summed E-state index contributed by atoms with van der Waals surface area (Å²) in [5, 5.41) is 0.558. The first-order valence-corrected chi connectivity index (χ1v) is 10.8. The summed E-state index contributed by atoms with van der Waals surface area (Å²) in [6.45, 7) is 6.08. The van der Waals surface area contributed by atoms with Crippen LogP contribution in [0, 0.1) is 6.92 Å². The SMILES string of the molecule is C=C(CC(NS(=O)(=O)c1ccc(C)cc1)c1cccc(Cl)c1)c1ccccc1. The predicted octanol–water partition coefficient (Wildman–Crippen LogP) is 5.77. The first-order chi connectivity index (χ1) is 13.3. The lowest BCUT2D eigenvalue weighted by Gasteiger charge is -2.21. The molecule has 28 heavy (non-hydrogen) atoms. The van der Waals surface area contributed by atoms with E-state index in [0.29, 0.717) is 11.4 Å². The van der Waals surface area contributed by atoms with Crippen molar-refractivity contribution in [3.8, 4) is 0 Å². The Labute approximate surface area is 171 Å². The van der Waals surface area contributed by atoms with Crippen molar-refractivity contribution in [2.24, 2.45) is 0 Å². The third kappa shape index (κ3) is 5.10. The summed E-state index contributed by atoms with van der Waals surface area (Å²) in [6, 6.07) is 23.3. The molecule has 1 unspecified atom stereocenters. The van der Waals surface area contributed by atoms with E-state index in [9.17, 15) is 8.42 Å². The number of rotatable bonds is 7. The van der Waals surface area contributed by atoms with E-state index in [1.807, 2.05) is 49.4 Å². The minimum Gasteiger partial charge on any atom is -0.207 e. The zero-order valence-corrected chi connectivity index (χ0v) is 17.2. The fraction of sp³-hybridized carbons (Fsp3) is 0.130. The van der Waals surface area contributed by atoms with Crippen LogP contribution >= 0.6 is 11.6 Å². The molecule has 3 rings (SSSR count). The van der Waals surface area contributed by atoms with E-state index in [1.54, 1.807) is 36.4 Å². The van der Waals surface area contributed by atoms with Crippen LogP contribution in [-0.4, -0.2) is 8.42 Å². The lowest BCUT2D eigenvalue weighted by atomic mass is 9.96. The molecule has 3 nitrogen and oxygen atoms in total. The number of aryl methyl sites for hydroxylation is 1. The highest BCUT2D eigenvalue weighted by molar-refractivity contribution is 7.89. The molecule has 5 heteroatoms. The second-order valence-corrected chi connectivity index (χ2v) is 8.87. The third-order valence-electron chi connectivity index (χ3n) is 4.51. The monoisotopic (exact) mass is 411 g/mol. The highest BCUT2D eigenvalue weighted by Gasteiger charge is 2.22. The fourth-order valence-corrected chi connectivity index (χ4v) is 4.38. The van der Waals surface area contributed by atoms with Crippen LogP contribution in [0.25, 0.3) is 5.57 Å². The van der Waals surface area contributed by atoms with Crippen molar-refractivity contribution < 1.29 is 8.42 Å². The van der Waals surface area contributed by atoms with Gasteiger partial charge in [0.2, 0.25) is 10.0 Å². The molecule has 3 aromatic rings. The zero-order valence-electron chi connectivity index (χ0n) is 15.6. The van der Waals surface area contributed by atoms with Crippen molar-refractivity contribution in [3.63, 3.8) is 0 Å². The van der Waals surface area contributed by atoms with Crippen molar-refractivity contribution >= 4 is 27.2 Å². The van der Waals surface area contributed by atoms with Crippen LogP contribution in [0.5, 0.6) is 0 Å². The summed E-state index contributed by atoms with van der Waals surface area (Å²) in [5.41, 5.74) is 3.62. The summed E-state index contributed by atoms with van der Waals surface area (Å²) >= 11 is 6.15. The molecule has 0 bridgehead atoms. The van der Waals surface area contributed by atoms with E-state index in [2.05, 4.69) is 11.3 Å². The first kappa shape index (κ1) is 20.3. The number of sulfonamides is 1. The molecule has 0 aliphatic heterocycles. The van der Waals surface area contributed by atoms with Gasteiger partial charge < -0.3 is 0 Å². The Balaban J connectivity index is 1.92. The Hall–Kier alpha value is -2.40. The highest BCUT2D eigenvalue weighted by atomic mass is 35.5. The Morgan fingerprint density at radius 2 is 1.68 bits per heavy atom. The quantitative estimate of drug-likeness (QED) is 0.536. The van der Waals surface area contributed by atoms with Gasteiger partial charge in [0.1, 0.15) is 0 Å². The standard InChI is InChI=1S/C23H22ClNO2S/c1-17-11-13-22(14-12-17)28(26,27)25-23(20-9-6-10-21(24)16-20)15-18(2)19-7-4-3-5-8-19/h3-14,16,23,25H,2,15H2,1H3. The van der Waals surface area contributed by atoms with Gasteiger partial charge in [0.25, 0.3) is 0 Å². The van der Waals surface area contributed by atoms with Crippen molar-refractivity contribution in [2.75, 3.05) is 0 Å². The molecular weight excluding hydrogens is 390 g/mol. The van der Waals surface area contributed by atoms with Crippen LogP contribution in [0.4, 0.5) is 0 Å². The van der Waals surface area contributed by atoms with Crippen molar-refractivity contribution in [1.29, 1.82) is 0 Å². The van der Waals surface area contributed by atoms with E-state index >= 15 is 0 Å². The molecule has 0 saturated heterocycles. The molecule has 1 atom stereocenters. The molecule has 0 aliphatic carbocycles. The molecule has 3 aromatic carbocycles. The second kappa shape index (κ2) is 8.74. The summed E-state index contributed by atoms with van der Waals surface area (Å²) in [4.78, 5) is 0.232. The highest BCUT2D eigenvalue weighted by Crippen LogP contribution is 2.29. The summed E-state index contributed by atoms with van der Waals surface area (Å²) in [5.74, 6) is 0. The topological polar surface area (TPSA) is 46.2 Å². The number of hydrogen-bond acceptors (Lipinski definition) is 2. The van der Waals surface area contributed by atoms with Crippen LogP contribution in [0.15, 0.2) is 90.3 Å². The van der Waals surface area contributed by atoms with E-state index in [4.69, 9.17) is 11.6 Å². The maximum Gasteiger partial charge on any atom is 0.241 e. The van der Waals surface area contributed by atoms with Crippen molar-refractivity contribution in [2.45, 2.75) is 24.3 Å². The van der Waals surface area contributed by atoms with Gasteiger partial charge in [-0.1, -0.05) is 78.3 Å². The average Bonchev–Trinajstić information content (AvgIpc) is 2.68. The van der Waals surface area contributed by atoms with E-state index < -0.39 is 16.1 Å². The zero-order chi connectivity index (χ0) is 20.1. The fourth-order valence-electron chi connectivity index (χ4n) is 2.96. The van der Waals surface area contributed by atoms with E-state index in [1.165, 1.54) is 0 Å². The van der Waals surface area contributed by atoms with Crippen LogP contribution < -0.4 is 4.72 Å². The predicted molar refractivity (Wildman–Crippen MR) is 116 cm³/mol. The molecule has 0 spiro atoms. The van der Waals surface area contributed by atoms with Gasteiger partial charge in [-0.25, -0.2) is 13.1 Å². The van der Waals surface area contributed by atoms with Crippen molar-refractivity contribution in [1.82, 2.24) is 4.72 Å². The van der Waals surface area contributed by atoms with Crippen LogP contribution in [0.2, 0.25) is 5.02 Å². The summed E-state index contributed by atoms with van der Waals surface area (Å²) < 4.78 is 28.7. The summed E-state index contributed by atoms with van der Waals surface area (Å²) in [6.07, 6.45) is 0.426. The minimum absolute atomic E-state index is 0.232. The van der Waals surface area contributed by atoms with E-state index in [0.717, 1.165) is 22.3 Å². The molecule has 0 aromatic heterocycles. The lowest BCUT2D eigenvalue weighted by Crippen LogP contribution is -2.29. The lowest BCUT2D eigenvalue weighted by molar-refractivity contribution is 0.559. The van der Waals surface area contributed by atoms with Gasteiger partial charge in [-0.2, -0.15) is 0 Å². The largest absolute Gasteiger partial charge is 0.241 e. The number of halogens is 1. The second-order valence-electron chi connectivity index (χ2n) is 6.72. The Bertz CT molecular complexity index is 1060.